The van der Waals surface area contributed by atoms with Crippen LogP contribution in [0.15, 0.2) is 48.1 Å². The van der Waals surface area contributed by atoms with E-state index in [0.717, 1.165) is 12.8 Å². The fourth-order valence-corrected chi connectivity index (χ4v) is 3.00. The summed E-state index contributed by atoms with van der Waals surface area (Å²) in [5, 5.41) is 0. The van der Waals surface area contributed by atoms with Gasteiger partial charge in [-0.2, -0.15) is 0 Å². The van der Waals surface area contributed by atoms with Gasteiger partial charge < -0.3 is 9.47 Å². The van der Waals surface area contributed by atoms with Crippen LogP contribution in [-0.2, 0) is 23.9 Å². The van der Waals surface area contributed by atoms with Gasteiger partial charge in [-0.05, 0) is 37.8 Å². The van der Waals surface area contributed by atoms with Crippen LogP contribution in [0.1, 0.15) is 65.2 Å². The van der Waals surface area contributed by atoms with Gasteiger partial charge in [0.1, 0.15) is 0 Å². The minimum atomic E-state index is -1.04. The summed E-state index contributed by atoms with van der Waals surface area (Å²) >= 11 is 0. The molecule has 0 amide bonds. The van der Waals surface area contributed by atoms with Gasteiger partial charge in [0.05, 0.1) is 7.11 Å². The molecule has 0 N–H and O–H groups in total. The Morgan fingerprint density at radius 1 is 1.11 bits per heavy atom. The van der Waals surface area contributed by atoms with Gasteiger partial charge in [-0.15, -0.1) is 0 Å². The van der Waals surface area contributed by atoms with Gasteiger partial charge in [-0.1, -0.05) is 50.1 Å². The van der Waals surface area contributed by atoms with Gasteiger partial charge in [0, 0.05) is 25.3 Å². The Hall–Kier alpha value is -2.43. The topological polar surface area (TPSA) is 69.7 Å². The summed E-state index contributed by atoms with van der Waals surface area (Å²) in [4.78, 5) is 35.1. The lowest BCUT2D eigenvalue weighted by atomic mass is 9.91. The fraction of sp³-hybridized carbons (Fsp3) is 0.522. The summed E-state index contributed by atoms with van der Waals surface area (Å²) in [6.45, 7) is 3.51. The average Bonchev–Trinajstić information content (AvgIpc) is 2.96. The minimum absolute atomic E-state index is 0.153. The highest BCUT2D eigenvalue weighted by atomic mass is 16.6. The lowest BCUT2D eigenvalue weighted by molar-refractivity contribution is -0.149. The van der Waals surface area contributed by atoms with E-state index >= 15 is 0 Å². The zero-order chi connectivity index (χ0) is 20.8. The number of carbonyl (C=O) groups excluding carboxylic acids is 3. The quantitative estimate of drug-likeness (QED) is 0.208. The minimum Gasteiger partial charge on any atom is -0.469 e. The third-order valence-corrected chi connectivity index (χ3v) is 4.49. The van der Waals surface area contributed by atoms with E-state index < -0.39 is 11.6 Å². The Labute approximate surface area is 168 Å². The van der Waals surface area contributed by atoms with Crippen molar-refractivity contribution in [2.45, 2.75) is 70.8 Å². The van der Waals surface area contributed by atoms with E-state index in [1.54, 1.807) is 18.2 Å². The van der Waals surface area contributed by atoms with E-state index in [0.29, 0.717) is 31.3 Å². The van der Waals surface area contributed by atoms with Crippen LogP contribution >= 0.6 is 0 Å². The summed E-state index contributed by atoms with van der Waals surface area (Å²) in [5.74, 6) is -0.812. The standard InChI is InChI=1S/C23H32O5/c1-4-5-6-7-10-13-17-23(28-19(2)24)18-16-21(25)20(23)14-11-8-9-12-15-22(26)27-3/h8,10-11,13-14,16,18H,4-7,9,12,15,17H2,1-3H3/b11-8+,13-10-,20-14-. The largest absolute Gasteiger partial charge is 0.469 e. The van der Waals surface area contributed by atoms with Crippen molar-refractivity contribution in [2.24, 2.45) is 0 Å². The first kappa shape index (κ1) is 23.6. The highest BCUT2D eigenvalue weighted by Gasteiger charge is 2.41. The molecule has 28 heavy (non-hydrogen) atoms. The molecular weight excluding hydrogens is 356 g/mol. The summed E-state index contributed by atoms with van der Waals surface area (Å²) < 4.78 is 10.2. The Morgan fingerprint density at radius 3 is 2.54 bits per heavy atom. The Kier molecular flexibility index (Phi) is 10.8. The number of hydrogen-bond donors (Lipinski definition) is 0. The summed E-state index contributed by atoms with van der Waals surface area (Å²) in [6.07, 6.45) is 19.2. The summed E-state index contributed by atoms with van der Waals surface area (Å²) in [6, 6.07) is 0. The fourth-order valence-electron chi connectivity index (χ4n) is 3.00. The predicted molar refractivity (Wildman–Crippen MR) is 110 cm³/mol. The first-order valence-corrected chi connectivity index (χ1v) is 9.97. The van der Waals surface area contributed by atoms with Crippen LogP contribution in [0.5, 0.6) is 0 Å². The van der Waals surface area contributed by atoms with Crippen molar-refractivity contribution in [3.8, 4) is 0 Å². The van der Waals surface area contributed by atoms with E-state index in [2.05, 4.69) is 17.7 Å². The van der Waals surface area contributed by atoms with Crippen molar-refractivity contribution in [2.75, 3.05) is 7.11 Å². The molecule has 0 saturated heterocycles. The maximum absolute atomic E-state index is 12.3. The van der Waals surface area contributed by atoms with Crippen molar-refractivity contribution in [3.05, 3.63) is 48.1 Å². The first-order chi connectivity index (χ1) is 13.4. The van der Waals surface area contributed by atoms with Crippen LogP contribution in [0, 0.1) is 0 Å². The van der Waals surface area contributed by atoms with E-state index in [-0.39, 0.29) is 11.8 Å². The number of ether oxygens (including phenoxy) is 2. The van der Waals surface area contributed by atoms with Crippen molar-refractivity contribution in [3.63, 3.8) is 0 Å². The maximum Gasteiger partial charge on any atom is 0.305 e. The third-order valence-electron chi connectivity index (χ3n) is 4.49. The molecule has 0 aromatic rings. The Bertz CT molecular complexity index is 654. The molecule has 0 heterocycles. The zero-order valence-electron chi connectivity index (χ0n) is 17.2. The van der Waals surface area contributed by atoms with E-state index in [1.165, 1.54) is 33.0 Å². The van der Waals surface area contributed by atoms with Crippen LogP contribution in [0.3, 0.4) is 0 Å². The second-order valence-electron chi connectivity index (χ2n) is 6.83. The second-order valence-corrected chi connectivity index (χ2v) is 6.83. The number of esters is 2. The molecule has 0 aromatic carbocycles. The van der Waals surface area contributed by atoms with E-state index in [4.69, 9.17) is 4.74 Å². The molecule has 0 fully saturated rings. The predicted octanol–water partition coefficient (Wildman–Crippen LogP) is 4.78. The van der Waals surface area contributed by atoms with Crippen molar-refractivity contribution < 1.29 is 23.9 Å². The van der Waals surface area contributed by atoms with E-state index in [1.807, 2.05) is 12.2 Å². The highest BCUT2D eigenvalue weighted by Crippen LogP contribution is 2.34. The van der Waals surface area contributed by atoms with Gasteiger partial charge in [-0.25, -0.2) is 0 Å². The Balaban J connectivity index is 2.79. The molecule has 0 saturated carbocycles. The van der Waals surface area contributed by atoms with Gasteiger partial charge in [0.25, 0.3) is 0 Å². The van der Waals surface area contributed by atoms with Crippen LogP contribution < -0.4 is 0 Å². The molecule has 154 valence electrons. The zero-order valence-corrected chi connectivity index (χ0v) is 17.2. The monoisotopic (exact) mass is 388 g/mol. The summed E-state index contributed by atoms with van der Waals surface area (Å²) in [5.41, 5.74) is -0.592. The number of carbonyl (C=O) groups is 3. The molecule has 1 aliphatic carbocycles. The van der Waals surface area contributed by atoms with Crippen molar-refractivity contribution in [1.82, 2.24) is 0 Å². The smallest absolute Gasteiger partial charge is 0.305 e. The molecular formula is C23H32O5. The van der Waals surface area contributed by atoms with Crippen LogP contribution in [0.2, 0.25) is 0 Å². The molecule has 1 aliphatic rings. The molecule has 0 aliphatic heterocycles. The number of allylic oxidation sites excluding steroid dienone is 5. The number of unbranched alkanes of at least 4 members (excludes halogenated alkanes) is 4. The number of ketones is 1. The lowest BCUT2D eigenvalue weighted by Crippen LogP contribution is -2.33. The summed E-state index contributed by atoms with van der Waals surface area (Å²) in [7, 11) is 1.37. The molecule has 1 unspecified atom stereocenters. The van der Waals surface area contributed by atoms with Crippen molar-refractivity contribution >= 4 is 17.7 Å². The molecule has 1 atom stereocenters. The molecule has 5 nitrogen and oxygen atoms in total. The molecule has 5 heteroatoms. The SMILES string of the molecule is CCCCC/C=C\CC1(OC(C)=O)C=CC(=O)/C1=C/C=C/CCCC(=O)OC. The highest BCUT2D eigenvalue weighted by molar-refractivity contribution is 6.09. The number of hydrogen-bond acceptors (Lipinski definition) is 5. The molecule has 0 radical (unpaired) electrons. The van der Waals surface area contributed by atoms with E-state index in [9.17, 15) is 14.4 Å². The number of methoxy groups -OCH3 is 1. The van der Waals surface area contributed by atoms with Gasteiger partial charge in [-0.3, -0.25) is 14.4 Å². The molecule has 0 spiro atoms. The first-order valence-electron chi connectivity index (χ1n) is 9.97. The third kappa shape index (κ3) is 8.07. The number of rotatable bonds is 12. The average molecular weight is 389 g/mol. The lowest BCUT2D eigenvalue weighted by Gasteiger charge is -2.27. The Morgan fingerprint density at radius 2 is 1.86 bits per heavy atom. The van der Waals surface area contributed by atoms with Crippen molar-refractivity contribution in [1.29, 1.82) is 0 Å². The maximum atomic E-state index is 12.3. The van der Waals surface area contributed by atoms with Crippen LogP contribution in [0.4, 0.5) is 0 Å². The molecule has 0 bridgehead atoms. The van der Waals surface area contributed by atoms with Crippen LogP contribution in [-0.4, -0.2) is 30.4 Å². The second kappa shape index (κ2) is 12.9. The van der Waals surface area contributed by atoms with Gasteiger partial charge in [0.15, 0.2) is 11.4 Å². The molecule has 0 aromatic heterocycles. The normalized spacial score (nSPS) is 20.5. The van der Waals surface area contributed by atoms with Crippen LogP contribution in [0.25, 0.3) is 0 Å². The van der Waals surface area contributed by atoms with Gasteiger partial charge in [0.2, 0.25) is 0 Å². The van der Waals surface area contributed by atoms with Gasteiger partial charge >= 0.3 is 11.9 Å². The molecule has 1 rings (SSSR count).